The third-order valence-corrected chi connectivity index (χ3v) is 6.56. The van der Waals surface area contributed by atoms with E-state index >= 15 is 0 Å². The average molecular weight is 509 g/mol. The molecule has 0 aliphatic carbocycles. The Balaban J connectivity index is 1.77. The Labute approximate surface area is 210 Å². The van der Waals surface area contributed by atoms with E-state index in [1.807, 2.05) is 42.5 Å². The van der Waals surface area contributed by atoms with Gasteiger partial charge in [0, 0.05) is 17.3 Å². The van der Waals surface area contributed by atoms with Gasteiger partial charge in [-0.1, -0.05) is 42.2 Å². The van der Waals surface area contributed by atoms with E-state index in [-0.39, 0.29) is 9.23 Å². The highest BCUT2D eigenvalue weighted by Gasteiger charge is 2.41. The van der Waals surface area contributed by atoms with Gasteiger partial charge in [0.2, 0.25) is 5.91 Å². The summed E-state index contributed by atoms with van der Waals surface area (Å²) in [6, 6.07) is 15.3. The van der Waals surface area contributed by atoms with Crippen LogP contribution in [-0.2, 0) is 14.4 Å². The monoisotopic (exact) mass is 508 g/mol. The topological polar surface area (TPSA) is 128 Å². The van der Waals surface area contributed by atoms with Gasteiger partial charge in [0.25, 0.3) is 5.91 Å². The Hall–Kier alpha value is -3.96. The lowest BCUT2D eigenvalue weighted by atomic mass is 10.1. The Bertz CT molecular complexity index is 1340. The molecule has 4 rings (SSSR count). The number of methoxy groups -OCH3 is 1. The number of carboxylic acid groups (broad SMARTS) is 1. The van der Waals surface area contributed by atoms with Crippen molar-refractivity contribution in [3.63, 3.8) is 0 Å². The number of carboxylic acids is 1. The first-order chi connectivity index (χ1) is 16.8. The molecule has 1 saturated heterocycles. The first-order valence-electron chi connectivity index (χ1n) is 10.4. The molecule has 3 aromatic rings. The molecule has 3 N–H and O–H groups in total. The van der Waals surface area contributed by atoms with Gasteiger partial charge in [-0.3, -0.25) is 14.5 Å². The second-order valence-electron chi connectivity index (χ2n) is 7.52. The number of nitrogens with zero attached hydrogens (tertiary/aromatic N) is 3. The summed E-state index contributed by atoms with van der Waals surface area (Å²) in [5.41, 5.74) is 8.03. The normalized spacial score (nSPS) is 15.5. The minimum Gasteiger partial charge on any atom is -0.497 e. The van der Waals surface area contributed by atoms with E-state index in [9.17, 15) is 19.5 Å². The summed E-state index contributed by atoms with van der Waals surface area (Å²) in [6.45, 7) is 0. The molecule has 0 bridgehead atoms. The minimum atomic E-state index is -1.47. The summed E-state index contributed by atoms with van der Waals surface area (Å²) in [5.74, 6) is -2.13. The molecule has 11 heteroatoms. The number of aromatic nitrogens is 2. The van der Waals surface area contributed by atoms with E-state index < -0.39 is 30.2 Å². The van der Waals surface area contributed by atoms with Gasteiger partial charge in [0.15, 0.2) is 0 Å². The van der Waals surface area contributed by atoms with Crippen molar-refractivity contribution in [2.24, 2.45) is 5.73 Å². The van der Waals surface area contributed by atoms with Crippen molar-refractivity contribution in [3.05, 3.63) is 71.3 Å². The number of rotatable bonds is 8. The van der Waals surface area contributed by atoms with Crippen LogP contribution in [0.5, 0.6) is 5.75 Å². The molecule has 0 saturated carbocycles. The van der Waals surface area contributed by atoms with Crippen molar-refractivity contribution in [2.45, 2.75) is 12.5 Å². The number of amides is 2. The van der Waals surface area contributed by atoms with Gasteiger partial charge in [-0.05, 0) is 42.5 Å². The standard InChI is InChI=1S/C24H20N4O5S2/c1-33-17-9-7-14(8-10-17)21-15(13-27(26-21)16-5-3-2-4-6-16)11-19-22(30)28(24(34)35-19)18(23(31)32)12-20(25)29/h2-11,13,18H,12H2,1H3,(H2,25,29)(H,31,32)/b19-11-. The Morgan fingerprint density at radius 1 is 1.20 bits per heavy atom. The van der Waals surface area contributed by atoms with E-state index in [0.29, 0.717) is 17.0 Å². The number of carbonyl (C=O) groups excluding carboxylic acids is 2. The van der Waals surface area contributed by atoms with Gasteiger partial charge in [-0.25, -0.2) is 9.48 Å². The van der Waals surface area contributed by atoms with Gasteiger partial charge in [0.05, 0.1) is 29.8 Å². The van der Waals surface area contributed by atoms with Crippen molar-refractivity contribution in [1.82, 2.24) is 14.7 Å². The molecule has 35 heavy (non-hydrogen) atoms. The molecule has 9 nitrogen and oxygen atoms in total. The second kappa shape index (κ2) is 10.1. The minimum absolute atomic E-state index is 0.0383. The fourth-order valence-corrected chi connectivity index (χ4v) is 4.90. The quantitative estimate of drug-likeness (QED) is 0.351. The van der Waals surface area contributed by atoms with Crippen LogP contribution in [0.1, 0.15) is 12.0 Å². The van der Waals surface area contributed by atoms with E-state index in [2.05, 4.69) is 0 Å². The molecule has 0 radical (unpaired) electrons. The Morgan fingerprint density at radius 3 is 2.49 bits per heavy atom. The number of primary amides is 1. The molecule has 1 aliphatic heterocycles. The van der Waals surface area contributed by atoms with Crippen LogP contribution in [0.2, 0.25) is 0 Å². The molecule has 1 unspecified atom stereocenters. The van der Waals surface area contributed by atoms with Crippen molar-refractivity contribution >= 4 is 52.2 Å². The maximum Gasteiger partial charge on any atom is 0.327 e. The van der Waals surface area contributed by atoms with Crippen LogP contribution < -0.4 is 10.5 Å². The van der Waals surface area contributed by atoms with Gasteiger partial charge in [-0.15, -0.1) is 0 Å². The molecular formula is C24H20N4O5S2. The zero-order valence-electron chi connectivity index (χ0n) is 18.5. The second-order valence-corrected chi connectivity index (χ2v) is 9.19. The molecule has 2 heterocycles. The summed E-state index contributed by atoms with van der Waals surface area (Å²) >= 11 is 6.23. The number of hydrogen-bond donors (Lipinski definition) is 2. The number of ether oxygens (including phenoxy) is 1. The van der Waals surface area contributed by atoms with Crippen LogP contribution in [0.15, 0.2) is 65.7 Å². The Morgan fingerprint density at radius 2 is 1.89 bits per heavy atom. The lowest BCUT2D eigenvalue weighted by Crippen LogP contribution is -2.46. The zero-order chi connectivity index (χ0) is 25.1. The number of thioether (sulfide) groups is 1. The van der Waals surface area contributed by atoms with Crippen molar-refractivity contribution in [2.75, 3.05) is 7.11 Å². The van der Waals surface area contributed by atoms with E-state index in [4.69, 9.17) is 27.8 Å². The number of hydrogen-bond acceptors (Lipinski definition) is 7. The van der Waals surface area contributed by atoms with Crippen LogP contribution in [0.4, 0.5) is 0 Å². The molecule has 2 aromatic carbocycles. The zero-order valence-corrected chi connectivity index (χ0v) is 20.1. The fraction of sp³-hybridized carbons (Fsp3) is 0.125. The predicted octanol–water partition coefficient (Wildman–Crippen LogP) is 3.08. The van der Waals surface area contributed by atoms with Crippen molar-refractivity contribution in [3.8, 4) is 22.7 Å². The SMILES string of the molecule is COc1ccc(-c2nn(-c3ccccc3)cc2/C=C2\SC(=S)N(C(CC(N)=O)C(=O)O)C2=O)cc1. The molecule has 1 fully saturated rings. The van der Waals surface area contributed by atoms with Gasteiger partial charge in [-0.2, -0.15) is 5.10 Å². The highest BCUT2D eigenvalue weighted by molar-refractivity contribution is 8.26. The van der Waals surface area contributed by atoms with E-state index in [1.54, 1.807) is 36.2 Å². The first kappa shape index (κ1) is 24.2. The van der Waals surface area contributed by atoms with Crippen LogP contribution >= 0.6 is 24.0 Å². The number of aliphatic carboxylic acids is 1. The highest BCUT2D eigenvalue weighted by atomic mass is 32.2. The summed E-state index contributed by atoms with van der Waals surface area (Å²) < 4.78 is 6.97. The van der Waals surface area contributed by atoms with Crippen molar-refractivity contribution < 1.29 is 24.2 Å². The van der Waals surface area contributed by atoms with E-state index in [0.717, 1.165) is 27.9 Å². The number of nitrogens with two attached hydrogens (primary N) is 1. The molecule has 2 amide bonds. The van der Waals surface area contributed by atoms with Gasteiger partial charge < -0.3 is 15.6 Å². The predicted molar refractivity (Wildman–Crippen MR) is 136 cm³/mol. The van der Waals surface area contributed by atoms with Crippen LogP contribution in [0.3, 0.4) is 0 Å². The molecule has 0 spiro atoms. The largest absolute Gasteiger partial charge is 0.497 e. The first-order valence-corrected chi connectivity index (χ1v) is 11.6. The fourth-order valence-electron chi connectivity index (χ4n) is 3.55. The van der Waals surface area contributed by atoms with Crippen LogP contribution in [0.25, 0.3) is 23.0 Å². The number of para-hydroxylation sites is 1. The maximum absolute atomic E-state index is 13.1. The summed E-state index contributed by atoms with van der Waals surface area (Å²) in [7, 11) is 1.58. The number of carbonyl (C=O) groups is 3. The number of benzene rings is 2. The van der Waals surface area contributed by atoms with Gasteiger partial charge >= 0.3 is 5.97 Å². The summed E-state index contributed by atoms with van der Waals surface area (Å²) in [4.78, 5) is 37.4. The lowest BCUT2D eigenvalue weighted by molar-refractivity contribution is -0.146. The molecule has 1 aliphatic rings. The van der Waals surface area contributed by atoms with Gasteiger partial charge in [0.1, 0.15) is 16.1 Å². The summed E-state index contributed by atoms with van der Waals surface area (Å²) in [6.07, 6.45) is 2.85. The smallest absolute Gasteiger partial charge is 0.327 e. The Kier molecular flexibility index (Phi) is 6.99. The third-order valence-electron chi connectivity index (χ3n) is 5.23. The van der Waals surface area contributed by atoms with Crippen LogP contribution in [-0.4, -0.2) is 55.0 Å². The molecular weight excluding hydrogens is 488 g/mol. The molecule has 178 valence electrons. The molecule has 1 aromatic heterocycles. The lowest BCUT2D eigenvalue weighted by Gasteiger charge is -2.21. The van der Waals surface area contributed by atoms with Crippen molar-refractivity contribution in [1.29, 1.82) is 0 Å². The highest BCUT2D eigenvalue weighted by Crippen LogP contribution is 2.36. The molecule has 1 atom stereocenters. The van der Waals surface area contributed by atoms with E-state index in [1.165, 1.54) is 0 Å². The summed E-state index contributed by atoms with van der Waals surface area (Å²) in [5, 5.41) is 14.3. The van der Waals surface area contributed by atoms with Crippen LogP contribution in [0, 0.1) is 0 Å². The maximum atomic E-state index is 13.1. The number of thiocarbonyl (C=S) groups is 1. The third kappa shape index (κ3) is 5.10. The average Bonchev–Trinajstić information content (AvgIpc) is 3.38.